The molecular formula is C12H9FO2S. The summed E-state index contributed by atoms with van der Waals surface area (Å²) in [7, 11) is 0. The van der Waals surface area contributed by atoms with Crippen LogP contribution in [0, 0.1) is 5.82 Å². The van der Waals surface area contributed by atoms with Crippen LogP contribution in [0.5, 0.6) is 0 Å². The van der Waals surface area contributed by atoms with Crippen molar-refractivity contribution >= 4 is 11.1 Å². The fourth-order valence-electron chi connectivity index (χ4n) is 1.41. The predicted octanol–water partition coefficient (Wildman–Crippen LogP) is 3.07. The van der Waals surface area contributed by atoms with Gasteiger partial charge in [0.25, 0.3) is 0 Å². The van der Waals surface area contributed by atoms with E-state index >= 15 is 0 Å². The minimum absolute atomic E-state index is 0.281. The second-order valence-electron chi connectivity index (χ2n) is 3.28. The molecule has 0 bridgehead atoms. The maximum atomic E-state index is 12.7. The van der Waals surface area contributed by atoms with Gasteiger partial charge in [-0.15, -0.1) is 0 Å². The van der Waals surface area contributed by atoms with E-state index in [4.69, 9.17) is 4.55 Å². The standard InChI is InChI=1S/C12H9FO2S/c13-11-5-1-9(2-6-11)10-3-7-12(8-4-10)16(14)15/h1-8H,(H,14,15). The van der Waals surface area contributed by atoms with Gasteiger partial charge in [-0.1, -0.05) is 24.3 Å². The third kappa shape index (κ3) is 2.35. The molecule has 0 amide bonds. The van der Waals surface area contributed by atoms with Crippen LogP contribution >= 0.6 is 0 Å². The average Bonchev–Trinajstić information content (AvgIpc) is 2.30. The molecule has 2 aromatic carbocycles. The van der Waals surface area contributed by atoms with Crippen molar-refractivity contribution < 1.29 is 13.2 Å². The lowest BCUT2D eigenvalue weighted by molar-refractivity contribution is 0.564. The van der Waals surface area contributed by atoms with E-state index in [-0.39, 0.29) is 5.82 Å². The lowest BCUT2D eigenvalue weighted by Crippen LogP contribution is -1.87. The van der Waals surface area contributed by atoms with Crippen molar-refractivity contribution in [3.05, 3.63) is 54.3 Å². The highest BCUT2D eigenvalue weighted by Gasteiger charge is 2.01. The first-order valence-corrected chi connectivity index (χ1v) is 5.74. The summed E-state index contributed by atoms with van der Waals surface area (Å²) in [6.07, 6.45) is 0. The van der Waals surface area contributed by atoms with E-state index in [1.165, 1.54) is 12.1 Å². The largest absolute Gasteiger partial charge is 0.302 e. The molecule has 16 heavy (non-hydrogen) atoms. The van der Waals surface area contributed by atoms with Gasteiger partial charge in [0.15, 0.2) is 11.1 Å². The van der Waals surface area contributed by atoms with Crippen LogP contribution in [0.4, 0.5) is 4.39 Å². The zero-order valence-corrected chi connectivity index (χ0v) is 9.08. The molecule has 4 heteroatoms. The molecule has 1 N–H and O–H groups in total. The Balaban J connectivity index is 2.34. The van der Waals surface area contributed by atoms with Gasteiger partial charge >= 0.3 is 0 Å². The van der Waals surface area contributed by atoms with Crippen molar-refractivity contribution in [3.8, 4) is 11.1 Å². The molecule has 82 valence electrons. The Morgan fingerprint density at radius 2 is 1.31 bits per heavy atom. The van der Waals surface area contributed by atoms with Gasteiger partial charge in [-0.05, 0) is 35.4 Å². The summed E-state index contributed by atoms with van der Waals surface area (Å²) in [6.45, 7) is 0. The molecule has 0 aliphatic rings. The third-order valence-electron chi connectivity index (χ3n) is 2.23. The van der Waals surface area contributed by atoms with Crippen molar-refractivity contribution in [2.45, 2.75) is 4.90 Å². The second kappa shape index (κ2) is 4.55. The van der Waals surface area contributed by atoms with Crippen LogP contribution in [-0.2, 0) is 11.1 Å². The molecule has 2 rings (SSSR count). The first-order valence-electron chi connectivity index (χ1n) is 4.64. The number of hydrogen-bond donors (Lipinski definition) is 1. The number of hydrogen-bond acceptors (Lipinski definition) is 1. The zero-order valence-electron chi connectivity index (χ0n) is 8.26. The summed E-state index contributed by atoms with van der Waals surface area (Å²) in [6, 6.07) is 12.7. The number of rotatable bonds is 2. The highest BCUT2D eigenvalue weighted by atomic mass is 32.2. The summed E-state index contributed by atoms with van der Waals surface area (Å²) in [5.74, 6) is -0.281. The monoisotopic (exact) mass is 236 g/mol. The molecule has 0 aliphatic heterocycles. The Hall–Kier alpha value is -1.52. The van der Waals surface area contributed by atoms with Gasteiger partial charge in [-0.25, -0.2) is 8.60 Å². The van der Waals surface area contributed by atoms with Gasteiger partial charge in [0.1, 0.15) is 5.82 Å². The Morgan fingerprint density at radius 1 is 0.875 bits per heavy atom. The van der Waals surface area contributed by atoms with Crippen LogP contribution in [0.25, 0.3) is 11.1 Å². The molecule has 0 saturated heterocycles. The lowest BCUT2D eigenvalue weighted by Gasteiger charge is -2.02. The number of halogens is 1. The van der Waals surface area contributed by atoms with Gasteiger partial charge in [-0.2, -0.15) is 0 Å². The highest BCUT2D eigenvalue weighted by molar-refractivity contribution is 7.79. The van der Waals surface area contributed by atoms with Crippen LogP contribution in [0.3, 0.4) is 0 Å². The summed E-state index contributed by atoms with van der Waals surface area (Å²) >= 11 is -1.96. The van der Waals surface area contributed by atoms with Gasteiger partial charge < -0.3 is 4.55 Å². The second-order valence-corrected chi connectivity index (χ2v) is 4.25. The van der Waals surface area contributed by atoms with Crippen LogP contribution < -0.4 is 0 Å². The van der Waals surface area contributed by atoms with Crippen molar-refractivity contribution in [2.24, 2.45) is 0 Å². The van der Waals surface area contributed by atoms with E-state index < -0.39 is 11.1 Å². The topological polar surface area (TPSA) is 37.3 Å². The Morgan fingerprint density at radius 3 is 1.75 bits per heavy atom. The molecule has 0 spiro atoms. The molecule has 0 saturated carbocycles. The van der Waals surface area contributed by atoms with Crippen molar-refractivity contribution in [1.29, 1.82) is 0 Å². The van der Waals surface area contributed by atoms with Crippen molar-refractivity contribution in [1.82, 2.24) is 0 Å². The Kier molecular flexibility index (Phi) is 3.12. The maximum Gasteiger partial charge on any atom is 0.186 e. The highest BCUT2D eigenvalue weighted by Crippen LogP contribution is 2.20. The van der Waals surface area contributed by atoms with Gasteiger partial charge in [0.05, 0.1) is 4.90 Å². The molecule has 2 aromatic rings. The molecule has 0 fully saturated rings. The van der Waals surface area contributed by atoms with E-state index in [0.29, 0.717) is 4.90 Å². The van der Waals surface area contributed by atoms with E-state index in [9.17, 15) is 8.60 Å². The Bertz CT molecular complexity index is 506. The average molecular weight is 236 g/mol. The van der Waals surface area contributed by atoms with Crippen molar-refractivity contribution in [3.63, 3.8) is 0 Å². The fraction of sp³-hybridized carbons (Fsp3) is 0. The van der Waals surface area contributed by atoms with Gasteiger partial charge in [-0.3, -0.25) is 0 Å². The van der Waals surface area contributed by atoms with Crippen LogP contribution in [0.1, 0.15) is 0 Å². The molecular weight excluding hydrogens is 227 g/mol. The Labute approximate surface area is 95.0 Å². The molecule has 0 heterocycles. The minimum Gasteiger partial charge on any atom is -0.302 e. The van der Waals surface area contributed by atoms with E-state index in [2.05, 4.69) is 0 Å². The third-order valence-corrected chi connectivity index (χ3v) is 2.91. The fourth-order valence-corrected chi connectivity index (χ4v) is 1.78. The summed E-state index contributed by atoms with van der Waals surface area (Å²) in [5, 5.41) is 0. The van der Waals surface area contributed by atoms with Crippen molar-refractivity contribution in [2.75, 3.05) is 0 Å². The smallest absolute Gasteiger partial charge is 0.186 e. The molecule has 0 aromatic heterocycles. The summed E-state index contributed by atoms with van der Waals surface area (Å²) < 4.78 is 32.3. The van der Waals surface area contributed by atoms with E-state index in [1.807, 2.05) is 0 Å². The molecule has 1 unspecified atom stereocenters. The van der Waals surface area contributed by atoms with Crippen LogP contribution in [0.2, 0.25) is 0 Å². The molecule has 0 radical (unpaired) electrons. The van der Waals surface area contributed by atoms with Crippen LogP contribution in [0.15, 0.2) is 53.4 Å². The van der Waals surface area contributed by atoms with Gasteiger partial charge in [0.2, 0.25) is 0 Å². The predicted molar refractivity (Wildman–Crippen MR) is 60.9 cm³/mol. The molecule has 0 aliphatic carbocycles. The van der Waals surface area contributed by atoms with Crippen LogP contribution in [-0.4, -0.2) is 8.76 Å². The van der Waals surface area contributed by atoms with Gasteiger partial charge in [0, 0.05) is 0 Å². The first-order chi connectivity index (χ1) is 7.66. The first kappa shape index (κ1) is 11.0. The molecule has 1 atom stereocenters. The SMILES string of the molecule is O=S(O)c1ccc(-c2ccc(F)cc2)cc1. The molecule has 2 nitrogen and oxygen atoms in total. The minimum atomic E-state index is -1.96. The quantitative estimate of drug-likeness (QED) is 0.813. The van der Waals surface area contributed by atoms with E-state index in [0.717, 1.165) is 11.1 Å². The normalized spacial score (nSPS) is 12.4. The van der Waals surface area contributed by atoms with E-state index in [1.54, 1.807) is 36.4 Å². The summed E-state index contributed by atoms with van der Waals surface area (Å²) in [4.78, 5) is 0.353. The summed E-state index contributed by atoms with van der Waals surface area (Å²) in [5.41, 5.74) is 1.76. The maximum absolute atomic E-state index is 12.7. The zero-order chi connectivity index (χ0) is 11.5. The number of benzene rings is 2. The lowest BCUT2D eigenvalue weighted by atomic mass is 10.1.